The number of ether oxygens (including phenoxy) is 1. The lowest BCUT2D eigenvalue weighted by atomic mass is 9.88. The van der Waals surface area contributed by atoms with Crippen LogP contribution in [0.1, 0.15) is 22.3 Å². The van der Waals surface area contributed by atoms with Gasteiger partial charge >= 0.3 is 5.97 Å². The predicted octanol–water partition coefficient (Wildman–Crippen LogP) is 4.79. The molecule has 0 heterocycles. The first kappa shape index (κ1) is 24.1. The molecule has 0 amide bonds. The Kier molecular flexibility index (Phi) is 7.60. The topological polar surface area (TPSA) is 100 Å². The van der Waals surface area contributed by atoms with Crippen LogP contribution < -0.4 is 4.18 Å². The van der Waals surface area contributed by atoms with Gasteiger partial charge in [0.15, 0.2) is 10.0 Å². The third kappa shape index (κ3) is 6.73. The normalized spacial score (nSPS) is 13.5. The Morgan fingerprint density at radius 1 is 1.00 bits per heavy atom. The number of carbonyl (C=O) groups excluding carboxylic acids is 1. The number of esters is 1. The van der Waals surface area contributed by atoms with Gasteiger partial charge in [-0.1, -0.05) is 36.4 Å². The number of nitrogens with one attached hydrogen (secondary N) is 2. The van der Waals surface area contributed by atoms with E-state index >= 15 is 0 Å². The Bertz CT molecular complexity index is 1240. The minimum absolute atomic E-state index is 0.245. The van der Waals surface area contributed by atoms with Crippen molar-refractivity contribution in [2.75, 3.05) is 13.4 Å². The van der Waals surface area contributed by atoms with Crippen molar-refractivity contribution in [2.45, 2.75) is 12.8 Å². The fourth-order valence-electron chi connectivity index (χ4n) is 3.53. The molecule has 0 saturated carbocycles. The van der Waals surface area contributed by atoms with Gasteiger partial charge in [-0.05, 0) is 60.4 Å². The van der Waals surface area contributed by atoms with Crippen molar-refractivity contribution in [3.05, 3.63) is 101 Å². The van der Waals surface area contributed by atoms with Gasteiger partial charge in [0, 0.05) is 11.1 Å². The molecule has 8 heteroatoms. The van der Waals surface area contributed by atoms with E-state index < -0.39 is 15.9 Å². The Morgan fingerprint density at radius 2 is 1.64 bits per heavy atom. The van der Waals surface area contributed by atoms with Crippen LogP contribution in [0, 0.1) is 21.9 Å². The molecule has 3 aromatic rings. The summed E-state index contributed by atoms with van der Waals surface area (Å²) in [7, 11) is -1.79. The molecule has 0 aromatic heterocycles. The SMILES string of the molecule is COC(=O)C(Cc1ccc(OS(C)(=N)=O)cc1)Cc1ccccc1C(=N)c1ccc(F)cc1. The summed E-state index contributed by atoms with van der Waals surface area (Å²) in [5.41, 5.74) is 3.14. The molecule has 0 fully saturated rings. The van der Waals surface area contributed by atoms with E-state index in [1.165, 1.54) is 25.5 Å². The van der Waals surface area contributed by atoms with Crippen molar-refractivity contribution in [3.8, 4) is 5.75 Å². The lowest BCUT2D eigenvalue weighted by Crippen LogP contribution is -2.22. The maximum Gasteiger partial charge on any atom is 0.309 e. The van der Waals surface area contributed by atoms with Crippen LogP contribution in [0.5, 0.6) is 5.75 Å². The van der Waals surface area contributed by atoms with E-state index in [9.17, 15) is 13.4 Å². The zero-order chi connectivity index (χ0) is 24.0. The molecular weight excluding hydrogens is 443 g/mol. The fourth-order valence-corrected chi connectivity index (χ4v) is 4.01. The minimum atomic E-state index is -3.12. The average molecular weight is 469 g/mol. The molecule has 6 nitrogen and oxygen atoms in total. The molecule has 0 radical (unpaired) electrons. The molecule has 3 rings (SSSR count). The summed E-state index contributed by atoms with van der Waals surface area (Å²) in [6.45, 7) is 0. The molecule has 2 unspecified atom stereocenters. The van der Waals surface area contributed by atoms with E-state index in [1.807, 2.05) is 24.3 Å². The van der Waals surface area contributed by atoms with Gasteiger partial charge in [0.05, 0.1) is 25.0 Å². The zero-order valence-electron chi connectivity index (χ0n) is 18.3. The van der Waals surface area contributed by atoms with E-state index in [1.54, 1.807) is 36.4 Å². The Balaban J connectivity index is 1.83. The molecule has 0 spiro atoms. The minimum Gasteiger partial charge on any atom is -0.469 e. The standard InChI is InChI=1S/C25H25FN2O4S/c1-31-25(29)20(15-17-7-13-22(14-8-17)32-33(2,28)30)16-19-5-3-4-6-23(19)24(27)18-9-11-21(26)12-10-18/h3-14,20,27-28H,15-16H2,1-2H3. The third-order valence-electron chi connectivity index (χ3n) is 5.08. The van der Waals surface area contributed by atoms with Crippen LogP contribution in [0.25, 0.3) is 0 Å². The lowest BCUT2D eigenvalue weighted by molar-refractivity contribution is -0.145. The van der Waals surface area contributed by atoms with Gasteiger partial charge in [-0.3, -0.25) is 10.2 Å². The quantitative estimate of drug-likeness (QED) is 0.348. The highest BCUT2D eigenvalue weighted by molar-refractivity contribution is 7.87. The Labute approximate surface area is 193 Å². The van der Waals surface area contributed by atoms with Gasteiger partial charge in [0.2, 0.25) is 0 Å². The van der Waals surface area contributed by atoms with Crippen LogP contribution >= 0.6 is 0 Å². The van der Waals surface area contributed by atoms with Gasteiger partial charge < -0.3 is 8.92 Å². The summed E-state index contributed by atoms with van der Waals surface area (Å²) < 4.78 is 42.3. The molecule has 0 aliphatic heterocycles. The number of methoxy groups -OCH3 is 1. The monoisotopic (exact) mass is 468 g/mol. The first-order chi connectivity index (χ1) is 15.7. The highest BCUT2D eigenvalue weighted by atomic mass is 32.2. The second kappa shape index (κ2) is 10.4. The highest BCUT2D eigenvalue weighted by Crippen LogP contribution is 2.23. The zero-order valence-corrected chi connectivity index (χ0v) is 19.2. The van der Waals surface area contributed by atoms with Crippen LogP contribution in [0.2, 0.25) is 0 Å². The largest absolute Gasteiger partial charge is 0.469 e. The maximum atomic E-state index is 13.3. The van der Waals surface area contributed by atoms with Crippen LogP contribution in [0.4, 0.5) is 4.39 Å². The first-order valence-corrected chi connectivity index (χ1v) is 12.1. The molecule has 2 N–H and O–H groups in total. The van der Waals surface area contributed by atoms with Crippen molar-refractivity contribution < 1.29 is 22.3 Å². The molecule has 0 aliphatic rings. The van der Waals surface area contributed by atoms with Crippen LogP contribution in [0.15, 0.2) is 72.8 Å². The molecule has 0 aliphatic carbocycles. The Hall–Kier alpha value is -3.52. The summed E-state index contributed by atoms with van der Waals surface area (Å²) in [6.07, 6.45) is 1.92. The maximum absolute atomic E-state index is 13.3. The second-order valence-electron chi connectivity index (χ2n) is 7.67. The third-order valence-corrected chi connectivity index (χ3v) is 5.59. The van der Waals surface area contributed by atoms with Crippen LogP contribution in [-0.4, -0.2) is 29.3 Å². The van der Waals surface area contributed by atoms with E-state index in [0.717, 1.165) is 11.1 Å². The number of carbonyl (C=O) groups is 1. The van der Waals surface area contributed by atoms with Crippen LogP contribution in [0.3, 0.4) is 0 Å². The summed E-state index contributed by atoms with van der Waals surface area (Å²) in [4.78, 5) is 12.6. The van der Waals surface area contributed by atoms with Gasteiger partial charge in [0.1, 0.15) is 11.6 Å². The smallest absolute Gasteiger partial charge is 0.309 e. The van der Waals surface area contributed by atoms with E-state index in [2.05, 4.69) is 0 Å². The number of benzene rings is 3. The summed E-state index contributed by atoms with van der Waals surface area (Å²) >= 11 is 0. The molecule has 3 aromatic carbocycles. The molecule has 0 saturated heterocycles. The first-order valence-electron chi connectivity index (χ1n) is 10.2. The number of hydrogen-bond donors (Lipinski definition) is 2. The summed E-state index contributed by atoms with van der Waals surface area (Å²) in [5.74, 6) is -0.934. The van der Waals surface area contributed by atoms with Crippen LogP contribution in [-0.2, 0) is 32.4 Å². The number of hydrogen-bond acceptors (Lipinski definition) is 6. The van der Waals surface area contributed by atoms with Crippen molar-refractivity contribution in [1.29, 1.82) is 10.2 Å². The fraction of sp³-hybridized carbons (Fsp3) is 0.200. The molecule has 172 valence electrons. The van der Waals surface area contributed by atoms with Gasteiger partial charge in [-0.15, -0.1) is 0 Å². The summed E-state index contributed by atoms with van der Waals surface area (Å²) in [5, 5.41) is 8.60. The van der Waals surface area contributed by atoms with Gasteiger partial charge in [-0.2, -0.15) is 0 Å². The Morgan fingerprint density at radius 3 is 2.24 bits per heavy atom. The number of rotatable bonds is 9. The van der Waals surface area contributed by atoms with Crippen molar-refractivity contribution in [3.63, 3.8) is 0 Å². The number of halogens is 1. The van der Waals surface area contributed by atoms with Crippen molar-refractivity contribution in [1.82, 2.24) is 0 Å². The molecule has 33 heavy (non-hydrogen) atoms. The second-order valence-corrected chi connectivity index (χ2v) is 9.38. The molecule has 2 atom stereocenters. The lowest BCUT2D eigenvalue weighted by Gasteiger charge is -2.18. The van der Waals surface area contributed by atoms with E-state index in [4.69, 9.17) is 19.1 Å². The predicted molar refractivity (Wildman–Crippen MR) is 126 cm³/mol. The highest BCUT2D eigenvalue weighted by Gasteiger charge is 2.23. The van der Waals surface area contributed by atoms with E-state index in [-0.39, 0.29) is 17.5 Å². The van der Waals surface area contributed by atoms with E-state index in [0.29, 0.717) is 29.7 Å². The van der Waals surface area contributed by atoms with Gasteiger partial charge in [0.25, 0.3) is 0 Å². The summed E-state index contributed by atoms with van der Waals surface area (Å²) in [6, 6.07) is 19.8. The molecule has 0 bridgehead atoms. The van der Waals surface area contributed by atoms with Crippen molar-refractivity contribution in [2.24, 2.45) is 5.92 Å². The van der Waals surface area contributed by atoms with Gasteiger partial charge in [-0.25, -0.2) is 13.4 Å². The molecular formula is C25H25FN2O4S. The van der Waals surface area contributed by atoms with Crippen molar-refractivity contribution >= 4 is 21.7 Å². The average Bonchev–Trinajstić information content (AvgIpc) is 2.79.